The summed E-state index contributed by atoms with van der Waals surface area (Å²) in [5.41, 5.74) is 1.60. The van der Waals surface area contributed by atoms with Crippen molar-refractivity contribution in [2.45, 2.75) is 48.5 Å². The third kappa shape index (κ3) is 5.00. The molecular weight excluding hydrogens is 431 g/mol. The second-order valence-electron chi connectivity index (χ2n) is 7.59. The molecule has 1 saturated heterocycles. The number of rotatable bonds is 6. The van der Waals surface area contributed by atoms with E-state index in [0.717, 1.165) is 41.3 Å². The number of carbonyl (C=O) groups excluding carboxylic acids is 1. The van der Waals surface area contributed by atoms with E-state index in [1.165, 1.54) is 35.2 Å². The summed E-state index contributed by atoms with van der Waals surface area (Å²) in [6, 6.07) is 6.15. The van der Waals surface area contributed by atoms with Gasteiger partial charge in [-0.1, -0.05) is 24.6 Å². The van der Waals surface area contributed by atoms with Crippen LogP contribution < -0.4 is 0 Å². The van der Waals surface area contributed by atoms with Gasteiger partial charge in [0, 0.05) is 23.0 Å². The highest BCUT2D eigenvalue weighted by atomic mass is 32.2. The first-order valence-corrected chi connectivity index (χ1v) is 13.5. The maximum atomic E-state index is 13.1. The molecular formula is C20H23FN2O3S3. The largest absolute Gasteiger partial charge is 0.335 e. The van der Waals surface area contributed by atoms with E-state index in [9.17, 15) is 17.6 Å². The number of nitrogens with zero attached hydrogens (tertiary/aromatic N) is 2. The second-order valence-corrected chi connectivity index (χ2v) is 11.9. The lowest BCUT2D eigenvalue weighted by molar-refractivity contribution is -0.132. The summed E-state index contributed by atoms with van der Waals surface area (Å²) in [5, 5.41) is 1.90. The summed E-state index contributed by atoms with van der Waals surface area (Å²) >= 11 is 2.84. The predicted octanol–water partition coefficient (Wildman–Crippen LogP) is 4.00. The van der Waals surface area contributed by atoms with Crippen LogP contribution in [0.2, 0.25) is 0 Å². The molecule has 5 nitrogen and oxygen atoms in total. The van der Waals surface area contributed by atoms with Gasteiger partial charge >= 0.3 is 0 Å². The fraction of sp³-hybridized carbons (Fsp3) is 0.500. The van der Waals surface area contributed by atoms with Crippen LogP contribution >= 0.6 is 23.1 Å². The van der Waals surface area contributed by atoms with E-state index < -0.39 is 9.84 Å². The van der Waals surface area contributed by atoms with Crippen LogP contribution in [0.5, 0.6) is 0 Å². The van der Waals surface area contributed by atoms with Gasteiger partial charge in [-0.05, 0) is 43.5 Å². The summed E-state index contributed by atoms with van der Waals surface area (Å²) in [4.78, 5) is 19.5. The van der Waals surface area contributed by atoms with Crippen molar-refractivity contribution in [3.05, 3.63) is 35.5 Å². The van der Waals surface area contributed by atoms with Gasteiger partial charge in [-0.15, -0.1) is 11.3 Å². The molecule has 0 spiro atoms. The summed E-state index contributed by atoms with van der Waals surface area (Å²) in [6.07, 6.45) is 4.64. The molecule has 1 unspecified atom stereocenters. The SMILES string of the molecule is O=C(CSc1nc(-c2ccc(F)cc2)cs1)N(C1CCCC1)C1CCS(=O)(=O)C1. The van der Waals surface area contributed by atoms with Crippen molar-refractivity contribution in [3.8, 4) is 11.3 Å². The fourth-order valence-corrected chi connectivity index (χ4v) is 7.57. The minimum atomic E-state index is -3.04. The number of hydrogen-bond acceptors (Lipinski definition) is 6. The fourth-order valence-electron chi connectivity index (χ4n) is 4.16. The summed E-state index contributed by atoms with van der Waals surface area (Å²) in [5.74, 6) is 0.233. The zero-order chi connectivity index (χ0) is 20.4. The van der Waals surface area contributed by atoms with Crippen molar-refractivity contribution < 1.29 is 17.6 Å². The highest BCUT2D eigenvalue weighted by molar-refractivity contribution is 8.01. The Labute approximate surface area is 178 Å². The highest BCUT2D eigenvalue weighted by Gasteiger charge is 2.38. The highest BCUT2D eigenvalue weighted by Crippen LogP contribution is 2.32. The molecule has 29 heavy (non-hydrogen) atoms. The van der Waals surface area contributed by atoms with Crippen LogP contribution in [0.1, 0.15) is 32.1 Å². The van der Waals surface area contributed by atoms with Crippen molar-refractivity contribution in [2.75, 3.05) is 17.3 Å². The lowest BCUT2D eigenvalue weighted by atomic mass is 10.1. The molecule has 1 atom stereocenters. The van der Waals surface area contributed by atoms with Gasteiger partial charge < -0.3 is 4.90 Å². The van der Waals surface area contributed by atoms with Crippen LogP contribution in [0.15, 0.2) is 34.0 Å². The maximum absolute atomic E-state index is 13.1. The van der Waals surface area contributed by atoms with Gasteiger partial charge in [0.25, 0.3) is 0 Å². The van der Waals surface area contributed by atoms with Crippen molar-refractivity contribution in [3.63, 3.8) is 0 Å². The molecule has 4 rings (SSSR count). The van der Waals surface area contributed by atoms with E-state index >= 15 is 0 Å². The molecule has 1 amide bonds. The number of thioether (sulfide) groups is 1. The number of aromatic nitrogens is 1. The molecule has 0 bridgehead atoms. The van der Waals surface area contributed by atoms with Crippen molar-refractivity contribution >= 4 is 38.8 Å². The Bertz CT molecular complexity index is 969. The molecule has 2 aliphatic rings. The monoisotopic (exact) mass is 454 g/mol. The van der Waals surface area contributed by atoms with Gasteiger partial charge in [0.2, 0.25) is 5.91 Å². The smallest absolute Gasteiger partial charge is 0.233 e. The number of hydrogen-bond donors (Lipinski definition) is 0. The molecule has 0 radical (unpaired) electrons. The van der Waals surface area contributed by atoms with Gasteiger partial charge in [0.05, 0.1) is 23.0 Å². The van der Waals surface area contributed by atoms with Crippen LogP contribution in [0.4, 0.5) is 4.39 Å². The second kappa shape index (κ2) is 8.73. The van der Waals surface area contributed by atoms with Gasteiger partial charge in [0.1, 0.15) is 5.82 Å². The lowest BCUT2D eigenvalue weighted by Gasteiger charge is -2.34. The van der Waals surface area contributed by atoms with E-state index in [1.807, 2.05) is 10.3 Å². The van der Waals surface area contributed by atoms with Crippen LogP contribution in [-0.2, 0) is 14.6 Å². The van der Waals surface area contributed by atoms with Gasteiger partial charge in [-0.2, -0.15) is 0 Å². The zero-order valence-corrected chi connectivity index (χ0v) is 18.4. The standard InChI is InChI=1S/C20H23FN2O3S3/c21-15-7-5-14(6-8-15)18-11-27-20(22-18)28-12-19(24)23(16-3-1-2-4-16)17-9-10-29(25,26)13-17/h5-8,11,16-17H,1-4,9-10,12-13H2. The van der Waals surface area contributed by atoms with Gasteiger partial charge in [-0.25, -0.2) is 17.8 Å². The van der Waals surface area contributed by atoms with Gasteiger partial charge in [0.15, 0.2) is 14.2 Å². The third-order valence-electron chi connectivity index (χ3n) is 5.55. The number of halogens is 1. The summed E-state index contributed by atoms with van der Waals surface area (Å²) < 4.78 is 37.8. The quantitative estimate of drug-likeness (QED) is 0.617. The molecule has 1 aromatic carbocycles. The van der Waals surface area contributed by atoms with Crippen LogP contribution in [0.3, 0.4) is 0 Å². The van der Waals surface area contributed by atoms with E-state index in [4.69, 9.17) is 0 Å². The van der Waals surface area contributed by atoms with E-state index in [-0.39, 0.29) is 41.1 Å². The van der Waals surface area contributed by atoms with Crippen molar-refractivity contribution in [1.29, 1.82) is 0 Å². The first-order valence-electron chi connectivity index (χ1n) is 9.77. The molecule has 9 heteroatoms. The Morgan fingerprint density at radius 3 is 2.55 bits per heavy atom. The average Bonchev–Trinajstić information content (AvgIpc) is 3.43. The molecule has 2 heterocycles. The first-order chi connectivity index (χ1) is 13.9. The molecule has 1 aromatic heterocycles. The third-order valence-corrected chi connectivity index (χ3v) is 9.31. The number of carbonyl (C=O) groups is 1. The van der Waals surface area contributed by atoms with Crippen molar-refractivity contribution in [1.82, 2.24) is 9.88 Å². The first kappa shape index (κ1) is 20.8. The molecule has 156 valence electrons. The Hall–Kier alpha value is -1.45. The Balaban J connectivity index is 1.42. The van der Waals surface area contributed by atoms with E-state index in [2.05, 4.69) is 4.98 Å². The summed E-state index contributed by atoms with van der Waals surface area (Å²) in [6.45, 7) is 0. The molecule has 2 aromatic rings. The number of benzene rings is 1. The Kier molecular flexibility index (Phi) is 6.27. The molecule has 1 aliphatic carbocycles. The molecule has 1 saturated carbocycles. The van der Waals surface area contributed by atoms with E-state index in [0.29, 0.717) is 6.42 Å². The number of amides is 1. The minimum Gasteiger partial charge on any atom is -0.335 e. The topological polar surface area (TPSA) is 67.3 Å². The summed E-state index contributed by atoms with van der Waals surface area (Å²) in [7, 11) is -3.04. The van der Waals surface area contributed by atoms with Crippen LogP contribution in [-0.4, -0.2) is 53.6 Å². The number of sulfone groups is 1. The normalized spacial score (nSPS) is 21.5. The molecule has 2 fully saturated rings. The minimum absolute atomic E-state index is 0.00234. The molecule has 0 N–H and O–H groups in total. The van der Waals surface area contributed by atoms with E-state index in [1.54, 1.807) is 12.1 Å². The maximum Gasteiger partial charge on any atom is 0.233 e. The lowest BCUT2D eigenvalue weighted by Crippen LogP contribution is -2.47. The Morgan fingerprint density at radius 2 is 1.90 bits per heavy atom. The predicted molar refractivity (Wildman–Crippen MR) is 114 cm³/mol. The average molecular weight is 455 g/mol. The Morgan fingerprint density at radius 1 is 1.17 bits per heavy atom. The van der Waals surface area contributed by atoms with Crippen LogP contribution in [0, 0.1) is 5.82 Å². The van der Waals surface area contributed by atoms with Gasteiger partial charge in [-0.3, -0.25) is 4.79 Å². The number of thiazole rings is 1. The van der Waals surface area contributed by atoms with Crippen LogP contribution in [0.25, 0.3) is 11.3 Å². The molecule has 1 aliphatic heterocycles. The zero-order valence-electron chi connectivity index (χ0n) is 15.9. The van der Waals surface area contributed by atoms with Crippen molar-refractivity contribution in [2.24, 2.45) is 0 Å².